The number of ether oxygens (including phenoxy) is 1. The van der Waals surface area contributed by atoms with E-state index in [1.165, 1.54) is 0 Å². The first-order chi connectivity index (χ1) is 11.4. The van der Waals surface area contributed by atoms with Gasteiger partial charge in [0.2, 0.25) is 15.9 Å². The zero-order valence-corrected chi connectivity index (χ0v) is 14.7. The van der Waals surface area contributed by atoms with Crippen LogP contribution in [-0.2, 0) is 26.0 Å². The molecule has 0 saturated carbocycles. The summed E-state index contributed by atoms with van der Waals surface area (Å²) in [5.74, 6) is -0.0704. The Morgan fingerprint density at radius 1 is 1.46 bits per heavy atom. The fraction of sp³-hybridized carbons (Fsp3) is 0.562. The number of carbonyl (C=O) groups excluding carboxylic acids is 1. The van der Waals surface area contributed by atoms with Crippen molar-refractivity contribution in [1.29, 1.82) is 0 Å². The molecule has 2 atom stereocenters. The molecule has 2 N–H and O–H groups in total. The highest BCUT2D eigenvalue weighted by Crippen LogP contribution is 2.31. The summed E-state index contributed by atoms with van der Waals surface area (Å²) in [4.78, 5) is 14.7. The Kier molecular flexibility index (Phi) is 4.91. The lowest BCUT2D eigenvalue weighted by atomic mass is 10.1. The average Bonchev–Trinajstić information content (AvgIpc) is 2.97. The predicted octanol–water partition coefficient (Wildman–Crippen LogP) is 0.251. The summed E-state index contributed by atoms with van der Waals surface area (Å²) < 4.78 is 32.5. The lowest BCUT2D eigenvalue weighted by Gasteiger charge is -2.32. The summed E-state index contributed by atoms with van der Waals surface area (Å²) in [6, 6.07) is 4.57. The maximum absolute atomic E-state index is 12.9. The summed E-state index contributed by atoms with van der Waals surface area (Å²) in [6.07, 6.45) is 0.522. The number of carbonyl (C=O) groups is 1. The largest absolute Gasteiger partial charge is 0.375 e. The number of amides is 1. The zero-order chi connectivity index (χ0) is 17.3. The van der Waals surface area contributed by atoms with E-state index in [9.17, 15) is 13.2 Å². The van der Waals surface area contributed by atoms with Gasteiger partial charge in [-0.25, -0.2) is 13.1 Å². The molecular weight excluding hydrogens is 330 g/mol. The molecule has 0 aliphatic carbocycles. The van der Waals surface area contributed by atoms with Gasteiger partial charge in [-0.1, -0.05) is 13.0 Å². The van der Waals surface area contributed by atoms with Crippen molar-refractivity contribution in [2.75, 3.05) is 31.1 Å². The normalized spacial score (nSPS) is 24.0. The van der Waals surface area contributed by atoms with Gasteiger partial charge in [-0.3, -0.25) is 4.79 Å². The number of nitrogens with zero attached hydrogens (tertiary/aromatic N) is 1. The van der Waals surface area contributed by atoms with Crippen LogP contribution in [0.1, 0.15) is 19.4 Å². The van der Waals surface area contributed by atoms with E-state index in [-0.39, 0.29) is 16.9 Å². The molecule has 1 aromatic rings. The van der Waals surface area contributed by atoms with Crippen LogP contribution in [0.5, 0.6) is 0 Å². The second-order valence-electron chi connectivity index (χ2n) is 6.04. The molecule has 1 saturated heterocycles. The fourth-order valence-corrected chi connectivity index (χ4v) is 4.27. The number of rotatable bonds is 4. The highest BCUT2D eigenvalue weighted by atomic mass is 32.2. The predicted molar refractivity (Wildman–Crippen MR) is 90.6 cm³/mol. The van der Waals surface area contributed by atoms with Crippen LogP contribution in [0.25, 0.3) is 0 Å². The van der Waals surface area contributed by atoms with Gasteiger partial charge < -0.3 is 15.0 Å². The molecule has 2 aliphatic heterocycles. The first-order valence-electron chi connectivity index (χ1n) is 8.23. The number of morpholine rings is 1. The Labute approximate surface area is 142 Å². The first-order valence-corrected chi connectivity index (χ1v) is 9.71. The first kappa shape index (κ1) is 17.3. The van der Waals surface area contributed by atoms with E-state index in [4.69, 9.17) is 4.74 Å². The summed E-state index contributed by atoms with van der Waals surface area (Å²) >= 11 is 0. The van der Waals surface area contributed by atoms with Gasteiger partial charge in [0.25, 0.3) is 0 Å². The number of fused-ring (bicyclic) bond motifs is 1. The van der Waals surface area contributed by atoms with E-state index in [2.05, 4.69) is 10.0 Å². The number of benzene rings is 1. The molecule has 0 unspecified atom stereocenters. The van der Waals surface area contributed by atoms with Crippen molar-refractivity contribution in [3.05, 3.63) is 23.8 Å². The van der Waals surface area contributed by atoms with Crippen molar-refractivity contribution in [2.24, 2.45) is 0 Å². The minimum absolute atomic E-state index is 0.0704. The average molecular weight is 353 g/mol. The molecule has 3 rings (SSSR count). The second kappa shape index (κ2) is 6.79. The molecule has 8 heteroatoms. The van der Waals surface area contributed by atoms with Gasteiger partial charge in [0.05, 0.1) is 17.6 Å². The van der Waals surface area contributed by atoms with Crippen LogP contribution in [0.15, 0.2) is 23.1 Å². The third kappa shape index (κ3) is 3.19. The molecular formula is C16H23N3O4S. The molecule has 0 bridgehead atoms. The molecule has 1 amide bonds. The molecule has 24 heavy (non-hydrogen) atoms. The molecule has 1 aromatic carbocycles. The van der Waals surface area contributed by atoms with Gasteiger partial charge in [-0.15, -0.1) is 0 Å². The van der Waals surface area contributed by atoms with Gasteiger partial charge in [0.15, 0.2) is 0 Å². The number of anilines is 1. The Hall–Kier alpha value is -1.48. The highest BCUT2D eigenvalue weighted by molar-refractivity contribution is 7.89. The number of hydrogen-bond acceptors (Lipinski definition) is 5. The van der Waals surface area contributed by atoms with Crippen molar-refractivity contribution >= 4 is 21.6 Å². The minimum Gasteiger partial charge on any atom is -0.375 e. The van der Waals surface area contributed by atoms with Crippen molar-refractivity contribution in [3.63, 3.8) is 0 Å². The van der Waals surface area contributed by atoms with Crippen LogP contribution < -0.4 is 14.9 Å². The van der Waals surface area contributed by atoms with Crippen molar-refractivity contribution < 1.29 is 17.9 Å². The number of nitrogens with one attached hydrogen (secondary N) is 2. The molecule has 0 aromatic heterocycles. The monoisotopic (exact) mass is 353 g/mol. The van der Waals surface area contributed by atoms with E-state index >= 15 is 0 Å². The highest BCUT2D eigenvalue weighted by Gasteiger charge is 2.35. The van der Waals surface area contributed by atoms with Crippen LogP contribution in [0.4, 0.5) is 5.69 Å². The third-order valence-corrected chi connectivity index (χ3v) is 5.99. The standard InChI is InChI=1S/C16H23N3O4S/c1-3-18-24(21,22)13-5-4-12-6-8-19(14(12)10-13)16(20)15-11(2)23-9-7-17-15/h4-5,10-11,15,17-18H,3,6-9H2,1-2H3/t11-,15+/m1/s1. The quantitative estimate of drug-likeness (QED) is 0.810. The molecule has 7 nitrogen and oxygen atoms in total. The molecule has 132 valence electrons. The summed E-state index contributed by atoms with van der Waals surface area (Å²) in [5, 5.41) is 3.19. The topological polar surface area (TPSA) is 87.7 Å². The summed E-state index contributed by atoms with van der Waals surface area (Å²) in [6.45, 7) is 5.71. The van der Waals surface area contributed by atoms with Gasteiger partial charge in [0.1, 0.15) is 6.04 Å². The molecule has 2 aliphatic rings. The van der Waals surface area contributed by atoms with Gasteiger partial charge in [0, 0.05) is 25.3 Å². The fourth-order valence-electron chi connectivity index (χ4n) is 3.21. The summed E-state index contributed by atoms with van der Waals surface area (Å²) in [7, 11) is -3.54. The van der Waals surface area contributed by atoms with E-state index in [1.54, 1.807) is 30.0 Å². The SMILES string of the molecule is CCNS(=O)(=O)c1ccc2c(c1)N(C(=O)[C@H]1NCCO[C@@H]1C)CC2. The lowest BCUT2D eigenvalue weighted by Crippen LogP contribution is -2.56. The van der Waals surface area contributed by atoms with Crippen LogP contribution in [0, 0.1) is 0 Å². The van der Waals surface area contributed by atoms with Crippen LogP contribution in [0.2, 0.25) is 0 Å². The van der Waals surface area contributed by atoms with Crippen LogP contribution >= 0.6 is 0 Å². The van der Waals surface area contributed by atoms with Crippen molar-refractivity contribution in [2.45, 2.75) is 37.3 Å². The second-order valence-corrected chi connectivity index (χ2v) is 7.81. The smallest absolute Gasteiger partial charge is 0.246 e. The number of hydrogen-bond donors (Lipinski definition) is 2. The molecule has 2 heterocycles. The minimum atomic E-state index is -3.54. The molecule has 0 spiro atoms. The van der Waals surface area contributed by atoms with E-state index in [1.807, 2.05) is 6.92 Å². The van der Waals surface area contributed by atoms with Crippen LogP contribution in [-0.4, -0.2) is 52.7 Å². The van der Waals surface area contributed by atoms with Crippen LogP contribution in [0.3, 0.4) is 0 Å². The van der Waals surface area contributed by atoms with Gasteiger partial charge in [-0.05, 0) is 31.0 Å². The third-order valence-electron chi connectivity index (χ3n) is 4.45. The Morgan fingerprint density at radius 2 is 2.25 bits per heavy atom. The van der Waals surface area contributed by atoms with E-state index < -0.39 is 16.1 Å². The van der Waals surface area contributed by atoms with Gasteiger partial charge >= 0.3 is 0 Å². The molecule has 0 radical (unpaired) electrons. The number of sulfonamides is 1. The van der Waals surface area contributed by atoms with Gasteiger partial charge in [-0.2, -0.15) is 0 Å². The van der Waals surface area contributed by atoms with E-state index in [0.29, 0.717) is 31.9 Å². The maximum Gasteiger partial charge on any atom is 0.246 e. The lowest BCUT2D eigenvalue weighted by molar-refractivity contribution is -0.126. The molecule has 1 fully saturated rings. The Balaban J connectivity index is 1.89. The summed E-state index contributed by atoms with van der Waals surface area (Å²) in [5.41, 5.74) is 1.67. The maximum atomic E-state index is 12.9. The Bertz CT molecular complexity index is 735. The Morgan fingerprint density at radius 3 is 2.96 bits per heavy atom. The van der Waals surface area contributed by atoms with Crippen molar-refractivity contribution in [3.8, 4) is 0 Å². The van der Waals surface area contributed by atoms with Crippen molar-refractivity contribution in [1.82, 2.24) is 10.0 Å². The zero-order valence-electron chi connectivity index (χ0n) is 13.9. The van der Waals surface area contributed by atoms with E-state index in [0.717, 1.165) is 12.0 Å².